The molecule has 8 nitrogen and oxygen atoms in total. The van der Waals surface area contributed by atoms with Crippen LogP contribution in [-0.4, -0.2) is 64.8 Å². The molecule has 0 aliphatic carbocycles. The summed E-state index contributed by atoms with van der Waals surface area (Å²) in [5, 5.41) is 2.91. The Morgan fingerprint density at radius 2 is 1.83 bits per heavy atom. The third kappa shape index (κ3) is 6.12. The molecule has 2 aliphatic heterocycles. The van der Waals surface area contributed by atoms with Crippen molar-refractivity contribution in [1.82, 2.24) is 14.8 Å². The minimum Gasteiger partial charge on any atom is -0.324 e. The Balaban J connectivity index is 1.44. The van der Waals surface area contributed by atoms with Gasteiger partial charge in [0.1, 0.15) is 6.54 Å². The van der Waals surface area contributed by atoms with Crippen LogP contribution in [-0.2, 0) is 16.1 Å². The quantitative estimate of drug-likeness (QED) is 0.471. The van der Waals surface area contributed by atoms with Crippen molar-refractivity contribution < 1.29 is 27.6 Å². The molecule has 2 aromatic rings. The average Bonchev–Trinajstić information content (AvgIpc) is 3.08. The predicted molar refractivity (Wildman–Crippen MR) is 125 cm³/mol. The molecular weight excluding hydrogens is 483 g/mol. The number of benzene rings is 1. The number of hydrogen-bond acceptors (Lipinski definition) is 6. The fourth-order valence-electron chi connectivity index (χ4n) is 4.11. The number of carbonyl (C=O) groups excluding carboxylic acids is 3. The van der Waals surface area contributed by atoms with E-state index in [9.17, 15) is 27.6 Å². The number of nitrogens with zero attached hydrogens (tertiary/aromatic N) is 4. The number of imide groups is 1. The van der Waals surface area contributed by atoms with E-state index in [4.69, 9.17) is 0 Å². The maximum Gasteiger partial charge on any atom is 0.446 e. The van der Waals surface area contributed by atoms with Crippen molar-refractivity contribution in [3.8, 4) is 0 Å². The number of aromatic nitrogens is 1. The highest BCUT2D eigenvalue weighted by atomic mass is 32.2. The number of urea groups is 1. The van der Waals surface area contributed by atoms with Crippen LogP contribution in [0.3, 0.4) is 0 Å². The van der Waals surface area contributed by atoms with Gasteiger partial charge in [0.2, 0.25) is 5.91 Å². The van der Waals surface area contributed by atoms with Gasteiger partial charge in [-0.1, -0.05) is 0 Å². The van der Waals surface area contributed by atoms with E-state index in [1.165, 1.54) is 41.6 Å². The number of amides is 4. The van der Waals surface area contributed by atoms with E-state index in [2.05, 4.69) is 15.2 Å². The first kappa shape index (κ1) is 25.0. The Bertz CT molecular complexity index is 1100. The summed E-state index contributed by atoms with van der Waals surface area (Å²) in [5.41, 5.74) is -3.13. The number of hydrogen-bond donors (Lipinski definition) is 1. The van der Waals surface area contributed by atoms with Gasteiger partial charge in [0.15, 0.2) is 0 Å². The Morgan fingerprint density at radius 3 is 2.49 bits per heavy atom. The van der Waals surface area contributed by atoms with Gasteiger partial charge in [-0.3, -0.25) is 14.6 Å². The fourth-order valence-corrected chi connectivity index (χ4v) is 4.65. The number of piperidine rings is 1. The van der Waals surface area contributed by atoms with Gasteiger partial charge >= 0.3 is 11.5 Å². The van der Waals surface area contributed by atoms with Gasteiger partial charge in [-0.2, -0.15) is 13.2 Å². The predicted octanol–water partition coefficient (Wildman–Crippen LogP) is 3.94. The zero-order valence-corrected chi connectivity index (χ0v) is 19.7. The number of thioether (sulfide) groups is 1. The summed E-state index contributed by atoms with van der Waals surface area (Å²) in [7, 11) is 2.01. The first-order chi connectivity index (χ1) is 16.6. The van der Waals surface area contributed by atoms with Gasteiger partial charge in [-0.15, -0.1) is 0 Å². The molecule has 12 heteroatoms. The lowest BCUT2D eigenvalue weighted by atomic mass is 9.96. The summed E-state index contributed by atoms with van der Waals surface area (Å²) in [5.74, 6) is -0.699. The van der Waals surface area contributed by atoms with Crippen LogP contribution >= 0.6 is 11.8 Å². The van der Waals surface area contributed by atoms with Gasteiger partial charge < -0.3 is 15.1 Å². The van der Waals surface area contributed by atoms with Crippen molar-refractivity contribution in [1.29, 1.82) is 0 Å². The van der Waals surface area contributed by atoms with E-state index in [1.54, 1.807) is 6.07 Å². The first-order valence-electron chi connectivity index (χ1n) is 11.0. The van der Waals surface area contributed by atoms with Gasteiger partial charge in [-0.25, -0.2) is 9.69 Å². The molecule has 0 atom stereocenters. The summed E-state index contributed by atoms with van der Waals surface area (Å²) in [6, 6.07) is 6.15. The highest BCUT2D eigenvalue weighted by Gasteiger charge is 2.38. The normalized spacial score (nSPS) is 17.8. The lowest BCUT2D eigenvalue weighted by molar-refractivity contribution is -0.121. The third-order valence-corrected chi connectivity index (χ3v) is 6.72. The Kier molecular flexibility index (Phi) is 7.31. The Labute approximate surface area is 204 Å². The topological polar surface area (TPSA) is 85.8 Å². The number of alkyl halides is 3. The second-order valence-electron chi connectivity index (χ2n) is 8.51. The molecule has 35 heavy (non-hydrogen) atoms. The summed E-state index contributed by atoms with van der Waals surface area (Å²) < 4.78 is 37.7. The maximum absolute atomic E-state index is 13.0. The summed E-state index contributed by atoms with van der Waals surface area (Å²) in [6.45, 7) is 1.55. The van der Waals surface area contributed by atoms with Crippen LogP contribution in [0.5, 0.6) is 0 Å². The van der Waals surface area contributed by atoms with Crippen LogP contribution in [0.15, 0.2) is 47.6 Å². The first-order valence-corrected chi connectivity index (χ1v) is 11.8. The lowest BCUT2D eigenvalue weighted by Gasteiger charge is -2.28. The van der Waals surface area contributed by atoms with Crippen molar-refractivity contribution in [2.24, 2.45) is 5.92 Å². The summed E-state index contributed by atoms with van der Waals surface area (Å²) >= 11 is -0.269. The molecule has 0 radical (unpaired) electrons. The molecule has 186 valence electrons. The molecule has 0 unspecified atom stereocenters. The highest BCUT2D eigenvalue weighted by molar-refractivity contribution is 8.00. The molecule has 2 aliphatic rings. The molecule has 2 fully saturated rings. The van der Waals surface area contributed by atoms with E-state index >= 15 is 0 Å². The SMILES string of the molecule is CN1CCC(C(=O)Nc2cnccc2CN2CC(=O)N(c3ccc(SC(F)(F)F)cc3)C2=O)CC1. The molecule has 0 saturated carbocycles. The van der Waals surface area contributed by atoms with Crippen molar-refractivity contribution in [2.45, 2.75) is 29.8 Å². The van der Waals surface area contributed by atoms with E-state index in [-0.39, 0.29) is 47.3 Å². The number of likely N-dealkylation sites (tertiary alicyclic amines) is 1. The number of nitrogens with one attached hydrogen (secondary N) is 1. The van der Waals surface area contributed by atoms with Gasteiger partial charge in [-0.05, 0) is 80.6 Å². The van der Waals surface area contributed by atoms with E-state index in [0.717, 1.165) is 30.8 Å². The smallest absolute Gasteiger partial charge is 0.324 e. The maximum atomic E-state index is 13.0. The molecule has 0 spiro atoms. The lowest BCUT2D eigenvalue weighted by Crippen LogP contribution is -2.36. The van der Waals surface area contributed by atoms with Crippen LogP contribution in [0.2, 0.25) is 0 Å². The molecule has 1 aromatic carbocycles. The molecule has 3 heterocycles. The number of rotatable bonds is 6. The minimum absolute atomic E-state index is 0.0426. The molecule has 0 bridgehead atoms. The van der Waals surface area contributed by atoms with Crippen LogP contribution in [0.4, 0.5) is 29.3 Å². The average molecular weight is 508 g/mol. The minimum atomic E-state index is -4.43. The van der Waals surface area contributed by atoms with Crippen molar-refractivity contribution in [3.63, 3.8) is 0 Å². The zero-order chi connectivity index (χ0) is 25.2. The van der Waals surface area contributed by atoms with E-state index in [1.807, 2.05) is 7.05 Å². The highest BCUT2D eigenvalue weighted by Crippen LogP contribution is 2.37. The fraction of sp³-hybridized carbons (Fsp3) is 0.391. The molecule has 1 N–H and O–H groups in total. The molecular formula is C23H24F3N5O3S. The second-order valence-corrected chi connectivity index (χ2v) is 9.65. The van der Waals surface area contributed by atoms with Gasteiger partial charge in [0.25, 0.3) is 5.91 Å². The molecule has 4 amide bonds. The Morgan fingerprint density at radius 1 is 1.14 bits per heavy atom. The van der Waals surface area contributed by atoms with Crippen LogP contribution in [0.25, 0.3) is 0 Å². The largest absolute Gasteiger partial charge is 0.446 e. The van der Waals surface area contributed by atoms with Crippen LogP contribution < -0.4 is 10.2 Å². The summed E-state index contributed by atoms with van der Waals surface area (Å²) in [6.07, 6.45) is 4.57. The Hall–Kier alpha value is -3.12. The monoisotopic (exact) mass is 507 g/mol. The number of halogens is 3. The molecule has 2 saturated heterocycles. The number of carbonyl (C=O) groups is 3. The van der Waals surface area contributed by atoms with Crippen molar-refractivity contribution >= 4 is 41.0 Å². The van der Waals surface area contributed by atoms with Crippen LogP contribution in [0.1, 0.15) is 18.4 Å². The van der Waals surface area contributed by atoms with Crippen LogP contribution in [0, 0.1) is 5.92 Å². The third-order valence-electron chi connectivity index (χ3n) is 5.99. The van der Waals surface area contributed by atoms with E-state index in [0.29, 0.717) is 11.3 Å². The van der Waals surface area contributed by atoms with E-state index < -0.39 is 17.4 Å². The number of anilines is 2. The number of pyridine rings is 1. The molecule has 1 aromatic heterocycles. The second kappa shape index (κ2) is 10.2. The standard InChI is InChI=1S/C23H24F3N5O3S/c1-29-10-7-15(8-11-29)21(33)28-19-12-27-9-6-16(19)13-30-14-20(32)31(22(30)34)17-2-4-18(5-3-17)35-23(24,25)26/h2-6,9,12,15H,7-8,10-11,13-14H2,1H3,(H,28,33). The zero-order valence-electron chi connectivity index (χ0n) is 18.9. The van der Waals surface area contributed by atoms with Gasteiger partial charge in [0.05, 0.1) is 24.1 Å². The van der Waals surface area contributed by atoms with Gasteiger partial charge in [0, 0.05) is 17.0 Å². The van der Waals surface area contributed by atoms with Crippen molar-refractivity contribution in [2.75, 3.05) is 36.9 Å². The van der Waals surface area contributed by atoms with Crippen molar-refractivity contribution in [3.05, 3.63) is 48.3 Å². The summed E-state index contributed by atoms with van der Waals surface area (Å²) in [4.78, 5) is 46.8. The molecule has 4 rings (SSSR count).